The monoisotopic (exact) mass is 334 g/mol. The molecule has 0 radical (unpaired) electrons. The van der Waals surface area contributed by atoms with E-state index in [9.17, 15) is 13.2 Å². The number of rotatable bonds is 4. The molecule has 2 rings (SSSR count). The average molecular weight is 334 g/mol. The van der Waals surface area contributed by atoms with Crippen molar-refractivity contribution in [1.29, 1.82) is 0 Å². The summed E-state index contributed by atoms with van der Waals surface area (Å²) in [6, 6.07) is 0. The average Bonchev–Trinajstić information content (AvgIpc) is 2.89. The molecule has 0 aromatic carbocycles. The molecule has 9 heteroatoms. The number of hydrogen-bond acceptors (Lipinski definition) is 7. The van der Waals surface area contributed by atoms with Gasteiger partial charge in [0.25, 0.3) is 0 Å². The molecule has 1 saturated heterocycles. The highest BCUT2D eigenvalue weighted by atomic mass is 32.2. The molecule has 21 heavy (non-hydrogen) atoms. The maximum Gasteiger partial charge on any atom is 0.349 e. The number of nitrogens with zero attached hydrogens (tertiary/aromatic N) is 1. The SMILES string of the molecule is COC(=O)c1scc(C)c1S(=O)(=O)N1CCOC(CN)C1. The molecule has 0 saturated carbocycles. The fraction of sp³-hybridized carbons (Fsp3) is 0.583. The van der Waals surface area contributed by atoms with Crippen LogP contribution in [0.1, 0.15) is 15.2 Å². The minimum atomic E-state index is -3.77. The summed E-state index contributed by atoms with van der Waals surface area (Å²) in [5.41, 5.74) is 6.08. The summed E-state index contributed by atoms with van der Waals surface area (Å²) in [5, 5.41) is 1.64. The smallest absolute Gasteiger partial charge is 0.349 e. The highest BCUT2D eigenvalue weighted by Gasteiger charge is 2.35. The number of sulfonamides is 1. The van der Waals surface area contributed by atoms with Crippen LogP contribution >= 0.6 is 11.3 Å². The highest BCUT2D eigenvalue weighted by Crippen LogP contribution is 2.30. The van der Waals surface area contributed by atoms with E-state index in [-0.39, 0.29) is 42.1 Å². The van der Waals surface area contributed by atoms with Crippen molar-refractivity contribution in [3.63, 3.8) is 0 Å². The third kappa shape index (κ3) is 3.11. The van der Waals surface area contributed by atoms with Gasteiger partial charge in [-0.3, -0.25) is 0 Å². The molecule has 7 nitrogen and oxygen atoms in total. The molecule has 1 aromatic heterocycles. The molecule has 1 aliphatic heterocycles. The van der Waals surface area contributed by atoms with Crippen molar-refractivity contribution in [2.75, 3.05) is 33.4 Å². The van der Waals surface area contributed by atoms with Crippen LogP contribution in [0.25, 0.3) is 0 Å². The van der Waals surface area contributed by atoms with Crippen LogP contribution in [0.15, 0.2) is 10.3 Å². The molecule has 1 unspecified atom stereocenters. The zero-order valence-corrected chi connectivity index (χ0v) is 13.5. The van der Waals surface area contributed by atoms with Gasteiger partial charge in [-0.1, -0.05) is 0 Å². The molecule has 1 aromatic rings. The van der Waals surface area contributed by atoms with Gasteiger partial charge in [-0.05, 0) is 17.9 Å². The first-order chi connectivity index (χ1) is 9.91. The van der Waals surface area contributed by atoms with Gasteiger partial charge in [0.05, 0.1) is 19.8 Å². The second-order valence-corrected chi connectivity index (χ2v) is 7.41. The Morgan fingerprint density at radius 2 is 2.33 bits per heavy atom. The largest absolute Gasteiger partial charge is 0.465 e. The molecule has 0 spiro atoms. The normalized spacial score (nSPS) is 20.4. The fourth-order valence-corrected chi connectivity index (χ4v) is 5.28. The van der Waals surface area contributed by atoms with Crippen molar-refractivity contribution >= 4 is 27.3 Å². The van der Waals surface area contributed by atoms with Crippen LogP contribution in [-0.2, 0) is 19.5 Å². The van der Waals surface area contributed by atoms with Crippen LogP contribution in [0, 0.1) is 6.92 Å². The zero-order valence-electron chi connectivity index (χ0n) is 11.9. The minimum Gasteiger partial charge on any atom is -0.465 e. The van der Waals surface area contributed by atoms with Gasteiger partial charge in [0.2, 0.25) is 10.0 Å². The van der Waals surface area contributed by atoms with Crippen molar-refractivity contribution in [2.24, 2.45) is 5.73 Å². The number of aryl methyl sites for hydroxylation is 1. The Balaban J connectivity index is 2.40. The molecular formula is C12H18N2O5S2. The van der Waals surface area contributed by atoms with E-state index in [4.69, 9.17) is 10.5 Å². The first-order valence-electron chi connectivity index (χ1n) is 6.40. The first kappa shape index (κ1) is 16.4. The van der Waals surface area contributed by atoms with Crippen molar-refractivity contribution < 1.29 is 22.7 Å². The summed E-state index contributed by atoms with van der Waals surface area (Å²) < 4.78 is 37.0. The Morgan fingerprint density at radius 3 is 2.95 bits per heavy atom. The quantitative estimate of drug-likeness (QED) is 0.789. The van der Waals surface area contributed by atoms with Crippen LogP contribution in [0.5, 0.6) is 0 Å². The van der Waals surface area contributed by atoms with Gasteiger partial charge in [0, 0.05) is 19.6 Å². The summed E-state index contributed by atoms with van der Waals surface area (Å²) in [6.45, 7) is 2.64. The van der Waals surface area contributed by atoms with Crippen LogP contribution in [0.2, 0.25) is 0 Å². The zero-order chi connectivity index (χ0) is 15.6. The van der Waals surface area contributed by atoms with Gasteiger partial charge in [-0.25, -0.2) is 13.2 Å². The minimum absolute atomic E-state index is 0.0250. The summed E-state index contributed by atoms with van der Waals surface area (Å²) >= 11 is 1.07. The number of carbonyl (C=O) groups excluding carboxylic acids is 1. The number of nitrogens with two attached hydrogens (primary N) is 1. The van der Waals surface area contributed by atoms with E-state index < -0.39 is 16.0 Å². The lowest BCUT2D eigenvalue weighted by Gasteiger charge is -2.31. The molecule has 0 bridgehead atoms. The predicted molar refractivity (Wildman–Crippen MR) is 77.9 cm³/mol. The van der Waals surface area contributed by atoms with Gasteiger partial charge in [0.1, 0.15) is 9.77 Å². The summed E-state index contributed by atoms with van der Waals surface area (Å²) in [6.07, 6.45) is -0.325. The molecular weight excluding hydrogens is 316 g/mol. The van der Waals surface area contributed by atoms with Crippen molar-refractivity contribution in [3.8, 4) is 0 Å². The van der Waals surface area contributed by atoms with Gasteiger partial charge in [-0.15, -0.1) is 11.3 Å². The Morgan fingerprint density at radius 1 is 1.62 bits per heavy atom. The number of hydrogen-bond donors (Lipinski definition) is 1. The molecule has 118 valence electrons. The second kappa shape index (κ2) is 6.41. The van der Waals surface area contributed by atoms with Gasteiger partial charge < -0.3 is 15.2 Å². The van der Waals surface area contributed by atoms with E-state index in [2.05, 4.69) is 4.74 Å². The Labute approximate surface area is 127 Å². The summed E-state index contributed by atoms with van der Waals surface area (Å²) in [5.74, 6) is -0.643. The van der Waals surface area contributed by atoms with E-state index >= 15 is 0 Å². The third-order valence-corrected chi connectivity index (χ3v) is 6.51. The lowest BCUT2D eigenvalue weighted by atomic mass is 10.3. The van der Waals surface area contributed by atoms with Crippen LogP contribution in [0.4, 0.5) is 0 Å². The van der Waals surface area contributed by atoms with E-state index in [0.29, 0.717) is 5.56 Å². The van der Waals surface area contributed by atoms with Crippen molar-refractivity contribution in [1.82, 2.24) is 4.31 Å². The highest BCUT2D eigenvalue weighted by molar-refractivity contribution is 7.89. The second-order valence-electron chi connectivity index (χ2n) is 4.66. The lowest BCUT2D eigenvalue weighted by molar-refractivity contribution is 0.00448. The third-order valence-electron chi connectivity index (χ3n) is 3.25. The van der Waals surface area contributed by atoms with Crippen LogP contribution < -0.4 is 5.73 Å². The first-order valence-corrected chi connectivity index (χ1v) is 8.72. The van der Waals surface area contributed by atoms with Crippen molar-refractivity contribution in [2.45, 2.75) is 17.9 Å². The predicted octanol–water partition coefficient (Wildman–Crippen LogP) is 0.191. The molecule has 2 N–H and O–H groups in total. The molecule has 1 atom stereocenters. The molecule has 0 amide bonds. The Bertz CT molecular complexity index is 626. The number of esters is 1. The fourth-order valence-electron chi connectivity index (χ4n) is 2.17. The van der Waals surface area contributed by atoms with E-state index in [0.717, 1.165) is 11.3 Å². The molecule has 1 aliphatic rings. The van der Waals surface area contributed by atoms with Gasteiger partial charge in [-0.2, -0.15) is 4.31 Å². The number of ether oxygens (including phenoxy) is 2. The van der Waals surface area contributed by atoms with Gasteiger partial charge in [0.15, 0.2) is 0 Å². The standard InChI is InChI=1S/C12H18N2O5S2/c1-8-7-20-10(12(15)18-2)11(8)21(16,17)14-3-4-19-9(5-13)6-14/h7,9H,3-6,13H2,1-2H3. The topological polar surface area (TPSA) is 98.9 Å². The van der Waals surface area contributed by atoms with Crippen LogP contribution in [-0.4, -0.2) is 58.1 Å². The summed E-state index contributed by atoms with van der Waals surface area (Å²) in [7, 11) is -2.54. The molecule has 2 heterocycles. The maximum atomic E-state index is 12.8. The summed E-state index contributed by atoms with van der Waals surface area (Å²) in [4.78, 5) is 11.9. The number of morpholine rings is 1. The van der Waals surface area contributed by atoms with Crippen molar-refractivity contribution in [3.05, 3.63) is 15.8 Å². The van der Waals surface area contributed by atoms with E-state index in [1.165, 1.54) is 11.4 Å². The number of thiophene rings is 1. The molecule has 0 aliphatic carbocycles. The van der Waals surface area contributed by atoms with Gasteiger partial charge >= 0.3 is 5.97 Å². The maximum absolute atomic E-state index is 12.8. The lowest BCUT2D eigenvalue weighted by Crippen LogP contribution is -2.48. The van der Waals surface area contributed by atoms with Crippen LogP contribution in [0.3, 0.4) is 0 Å². The number of methoxy groups -OCH3 is 1. The Kier molecular flexibility index (Phi) is 4.99. The molecule has 1 fully saturated rings. The Hall–Kier alpha value is -1.00. The van der Waals surface area contributed by atoms with E-state index in [1.54, 1.807) is 12.3 Å². The number of carbonyl (C=O) groups is 1. The van der Waals surface area contributed by atoms with E-state index in [1.807, 2.05) is 0 Å².